The lowest BCUT2D eigenvalue weighted by Crippen LogP contribution is -2.16. The van der Waals surface area contributed by atoms with E-state index >= 15 is 0 Å². The molecule has 4 rings (SSSR count). The number of fused-ring (bicyclic) bond motifs is 1. The number of nitro groups is 1. The van der Waals surface area contributed by atoms with Crippen LogP contribution in [0.5, 0.6) is 0 Å². The van der Waals surface area contributed by atoms with Gasteiger partial charge in [0, 0.05) is 36.5 Å². The Hall–Kier alpha value is -3.69. The fourth-order valence-electron chi connectivity index (χ4n) is 3.74. The molecule has 0 saturated carbocycles. The summed E-state index contributed by atoms with van der Waals surface area (Å²) in [6.45, 7) is 2.53. The molecule has 1 aliphatic heterocycles. The van der Waals surface area contributed by atoms with Crippen LogP contribution < -0.4 is 10.6 Å². The molecule has 0 aliphatic carbocycles. The molecule has 3 aromatic rings. The van der Waals surface area contributed by atoms with Gasteiger partial charge < -0.3 is 10.6 Å². The van der Waals surface area contributed by atoms with Crippen molar-refractivity contribution >= 4 is 22.4 Å². The number of alkyl halides is 3. The standard InChI is InChI=1S/C22H20F3N5O2/c1-13-28-20-3-2-16(15-4-6-26-7-5-15)10-19(20)21(29-13)27-12-14-8-17(22(23,24)25)11-18(9-14)30(31)32/h2-4,6,8-11,15,26H,5,7,12H2,1H3,(H,27,28,29). The normalized spacial score (nSPS) is 16.1. The third-order valence-electron chi connectivity index (χ3n) is 5.28. The first kappa shape index (κ1) is 21.5. The number of hydrogen-bond donors (Lipinski definition) is 2. The van der Waals surface area contributed by atoms with Crippen LogP contribution in [-0.2, 0) is 12.7 Å². The van der Waals surface area contributed by atoms with Crippen molar-refractivity contribution in [3.63, 3.8) is 0 Å². The molecule has 1 aromatic heterocycles. The fraction of sp³-hybridized carbons (Fsp3) is 0.273. The minimum Gasteiger partial charge on any atom is -0.391 e. The Kier molecular flexibility index (Phi) is 5.68. The van der Waals surface area contributed by atoms with Gasteiger partial charge in [0.2, 0.25) is 0 Å². The first-order valence-corrected chi connectivity index (χ1v) is 9.98. The second kappa shape index (κ2) is 8.45. The Balaban J connectivity index is 1.68. The number of hydrogen-bond acceptors (Lipinski definition) is 6. The maximum Gasteiger partial charge on any atom is 0.416 e. The fourth-order valence-corrected chi connectivity index (χ4v) is 3.74. The van der Waals surface area contributed by atoms with E-state index < -0.39 is 22.4 Å². The van der Waals surface area contributed by atoms with Gasteiger partial charge in [0.1, 0.15) is 11.6 Å². The summed E-state index contributed by atoms with van der Waals surface area (Å²) in [7, 11) is 0. The van der Waals surface area contributed by atoms with E-state index in [0.717, 1.165) is 36.0 Å². The van der Waals surface area contributed by atoms with Crippen LogP contribution >= 0.6 is 0 Å². The molecule has 7 nitrogen and oxygen atoms in total. The Bertz CT molecular complexity index is 1210. The van der Waals surface area contributed by atoms with Gasteiger partial charge in [0.15, 0.2) is 0 Å². The average Bonchev–Trinajstić information content (AvgIpc) is 2.77. The molecule has 0 fully saturated rings. The van der Waals surface area contributed by atoms with E-state index in [2.05, 4.69) is 26.7 Å². The highest BCUT2D eigenvalue weighted by atomic mass is 19.4. The molecule has 0 bridgehead atoms. The second-order valence-electron chi connectivity index (χ2n) is 7.60. The molecule has 0 saturated heterocycles. The number of nitrogens with one attached hydrogen (secondary N) is 2. The molecule has 1 atom stereocenters. The van der Waals surface area contributed by atoms with E-state index in [-0.39, 0.29) is 18.0 Å². The van der Waals surface area contributed by atoms with Crippen LogP contribution in [0.3, 0.4) is 0 Å². The van der Waals surface area contributed by atoms with E-state index in [9.17, 15) is 23.3 Å². The summed E-state index contributed by atoms with van der Waals surface area (Å²) in [4.78, 5) is 19.1. The van der Waals surface area contributed by atoms with Gasteiger partial charge in [0.25, 0.3) is 5.69 Å². The third-order valence-corrected chi connectivity index (χ3v) is 5.28. The maximum atomic E-state index is 13.2. The number of halogens is 3. The molecule has 0 amide bonds. The number of aryl methyl sites for hydroxylation is 1. The minimum absolute atomic E-state index is 0.0617. The van der Waals surface area contributed by atoms with Crippen LogP contribution in [0.15, 0.2) is 48.7 Å². The Labute approximate surface area is 181 Å². The maximum absolute atomic E-state index is 13.2. The average molecular weight is 443 g/mol. The summed E-state index contributed by atoms with van der Waals surface area (Å²) in [5.41, 5.74) is 0.248. The predicted molar refractivity (Wildman–Crippen MR) is 114 cm³/mol. The van der Waals surface area contributed by atoms with Crippen LogP contribution in [0.1, 0.15) is 34.9 Å². The van der Waals surface area contributed by atoms with E-state index in [4.69, 9.17) is 0 Å². The smallest absolute Gasteiger partial charge is 0.391 e. The molecular formula is C22H20F3N5O2. The van der Waals surface area contributed by atoms with E-state index in [1.54, 1.807) is 6.92 Å². The molecule has 0 spiro atoms. The zero-order valence-electron chi connectivity index (χ0n) is 17.1. The summed E-state index contributed by atoms with van der Waals surface area (Å²) in [6.07, 6.45) is 0.250. The van der Waals surface area contributed by atoms with Crippen LogP contribution in [-0.4, -0.2) is 21.4 Å². The molecule has 2 heterocycles. The molecule has 10 heteroatoms. The Morgan fingerprint density at radius 3 is 2.72 bits per heavy atom. The predicted octanol–water partition coefficient (Wildman–Crippen LogP) is 5.07. The van der Waals surface area contributed by atoms with E-state index in [1.807, 2.05) is 24.4 Å². The van der Waals surface area contributed by atoms with Crippen molar-refractivity contribution in [2.24, 2.45) is 0 Å². The van der Waals surface area contributed by atoms with Crippen molar-refractivity contribution in [1.82, 2.24) is 15.3 Å². The first-order valence-electron chi connectivity index (χ1n) is 9.98. The lowest BCUT2D eigenvalue weighted by atomic mass is 9.93. The van der Waals surface area contributed by atoms with E-state index in [1.165, 1.54) is 0 Å². The van der Waals surface area contributed by atoms with Crippen LogP contribution in [0.25, 0.3) is 10.9 Å². The molecule has 1 unspecified atom stereocenters. The minimum atomic E-state index is -4.68. The molecule has 1 aliphatic rings. The van der Waals surface area contributed by atoms with Gasteiger partial charge in [-0.2, -0.15) is 13.2 Å². The summed E-state index contributed by atoms with van der Waals surface area (Å²) < 4.78 is 39.6. The Morgan fingerprint density at radius 2 is 2.03 bits per heavy atom. The molecule has 2 aromatic carbocycles. The molecular weight excluding hydrogens is 423 g/mol. The molecule has 0 radical (unpaired) electrons. The number of nitro benzene ring substituents is 1. The molecule has 2 N–H and O–H groups in total. The highest BCUT2D eigenvalue weighted by Crippen LogP contribution is 2.33. The largest absolute Gasteiger partial charge is 0.416 e. The second-order valence-corrected chi connectivity index (χ2v) is 7.60. The lowest BCUT2D eigenvalue weighted by molar-refractivity contribution is -0.385. The number of aromatic nitrogens is 2. The van der Waals surface area contributed by atoms with Crippen molar-refractivity contribution in [2.75, 3.05) is 11.9 Å². The van der Waals surface area contributed by atoms with Crippen LogP contribution in [0, 0.1) is 17.0 Å². The van der Waals surface area contributed by atoms with Gasteiger partial charge in [-0.3, -0.25) is 10.1 Å². The SMILES string of the molecule is Cc1nc(NCc2cc([N+](=O)[O-])cc(C(F)(F)F)c2)c2cc(C3C=CNCC3)ccc2n1. The molecule has 32 heavy (non-hydrogen) atoms. The van der Waals surface area contributed by atoms with Gasteiger partial charge in [-0.25, -0.2) is 9.97 Å². The topological polar surface area (TPSA) is 93.0 Å². The number of rotatable bonds is 5. The first-order chi connectivity index (χ1) is 15.2. The van der Waals surface area contributed by atoms with Gasteiger partial charge in [-0.15, -0.1) is 0 Å². The van der Waals surface area contributed by atoms with E-state index in [0.29, 0.717) is 23.2 Å². The van der Waals surface area contributed by atoms with Crippen LogP contribution in [0.4, 0.5) is 24.7 Å². The number of allylic oxidation sites excluding steroid dienone is 1. The zero-order valence-corrected chi connectivity index (χ0v) is 17.1. The summed E-state index contributed by atoms with van der Waals surface area (Å²) in [6, 6.07) is 8.45. The van der Waals surface area contributed by atoms with Gasteiger partial charge >= 0.3 is 6.18 Å². The highest BCUT2D eigenvalue weighted by Gasteiger charge is 2.32. The molecule has 166 valence electrons. The number of anilines is 1. The summed E-state index contributed by atoms with van der Waals surface area (Å²) in [5, 5.41) is 18.0. The van der Waals surface area contributed by atoms with Crippen LogP contribution in [0.2, 0.25) is 0 Å². The monoisotopic (exact) mass is 443 g/mol. The van der Waals surface area contributed by atoms with Gasteiger partial charge in [0.05, 0.1) is 16.0 Å². The summed E-state index contributed by atoms with van der Waals surface area (Å²) in [5.74, 6) is 1.21. The van der Waals surface area contributed by atoms with Crippen molar-refractivity contribution in [2.45, 2.75) is 32.0 Å². The van der Waals surface area contributed by atoms with Crippen molar-refractivity contribution in [3.05, 3.63) is 81.3 Å². The zero-order chi connectivity index (χ0) is 22.9. The van der Waals surface area contributed by atoms with Crippen molar-refractivity contribution in [1.29, 1.82) is 0 Å². The van der Waals surface area contributed by atoms with Crippen molar-refractivity contribution in [3.8, 4) is 0 Å². The highest BCUT2D eigenvalue weighted by molar-refractivity contribution is 5.89. The third kappa shape index (κ3) is 4.63. The lowest BCUT2D eigenvalue weighted by Gasteiger charge is -2.19. The van der Waals surface area contributed by atoms with Gasteiger partial charge in [-0.05, 0) is 48.9 Å². The van der Waals surface area contributed by atoms with Crippen molar-refractivity contribution < 1.29 is 18.1 Å². The number of benzene rings is 2. The quantitative estimate of drug-likeness (QED) is 0.423. The summed E-state index contributed by atoms with van der Waals surface area (Å²) >= 11 is 0. The Morgan fingerprint density at radius 1 is 1.22 bits per heavy atom. The number of non-ortho nitro benzene ring substituents is 1. The van der Waals surface area contributed by atoms with Gasteiger partial charge in [-0.1, -0.05) is 12.1 Å². The number of nitrogens with zero attached hydrogens (tertiary/aromatic N) is 3.